The van der Waals surface area contributed by atoms with Gasteiger partial charge in [-0.25, -0.2) is 4.79 Å². The first-order valence-electron chi connectivity index (χ1n) is 6.76. The smallest absolute Gasteiger partial charge is 0.336 e. The average molecular weight is 342 g/mol. The number of benzene rings is 1. The molecule has 2 amide bonds. The lowest BCUT2D eigenvalue weighted by molar-refractivity contribution is -0.123. The Bertz CT molecular complexity index is 891. The monoisotopic (exact) mass is 342 g/mol. The summed E-state index contributed by atoms with van der Waals surface area (Å²) in [6.07, 6.45) is 1.26. The maximum atomic E-state index is 11.8. The number of nitrogens with one attached hydrogen (secondary N) is 2. The number of carboxylic acids is 1. The number of rotatable bonds is 3. The molecule has 1 aliphatic rings. The van der Waals surface area contributed by atoms with E-state index >= 15 is 0 Å². The lowest BCUT2D eigenvalue weighted by atomic mass is 10.1. The number of carbonyl (C=O) groups excluding carboxylic acids is 2. The molecule has 0 radical (unpaired) electrons. The molecule has 1 aliphatic heterocycles. The van der Waals surface area contributed by atoms with Crippen LogP contribution in [0.5, 0.6) is 0 Å². The standard InChI is InChI=1S/C16H10N2O5S/c19-13-11(14(20)18-16(24)17-13)7-8-5-6-12(23-8)9-3-1-2-4-10(9)15(21)22/h1-7H,(H,21,22)(H2,17,18,19,20,24). The Balaban J connectivity index is 1.96. The quantitative estimate of drug-likeness (QED) is 0.444. The third-order valence-electron chi connectivity index (χ3n) is 3.28. The molecule has 3 rings (SSSR count). The van der Waals surface area contributed by atoms with Gasteiger partial charge in [0.2, 0.25) is 0 Å². The Labute approximate surface area is 141 Å². The lowest BCUT2D eigenvalue weighted by Crippen LogP contribution is -2.51. The third-order valence-corrected chi connectivity index (χ3v) is 3.48. The molecule has 3 N–H and O–H groups in total. The molecule has 1 aromatic heterocycles. The van der Waals surface area contributed by atoms with E-state index in [9.17, 15) is 19.5 Å². The van der Waals surface area contributed by atoms with E-state index in [2.05, 4.69) is 10.6 Å². The topological polar surface area (TPSA) is 109 Å². The van der Waals surface area contributed by atoms with Crippen molar-refractivity contribution in [2.75, 3.05) is 0 Å². The number of furan rings is 1. The Hall–Kier alpha value is -3.26. The van der Waals surface area contributed by atoms with Gasteiger partial charge in [0.25, 0.3) is 11.8 Å². The summed E-state index contributed by atoms with van der Waals surface area (Å²) in [6.45, 7) is 0. The van der Waals surface area contributed by atoms with Gasteiger partial charge in [-0.1, -0.05) is 18.2 Å². The van der Waals surface area contributed by atoms with Crippen LogP contribution in [-0.4, -0.2) is 28.0 Å². The molecule has 1 saturated heterocycles. The van der Waals surface area contributed by atoms with E-state index in [1.54, 1.807) is 24.3 Å². The van der Waals surface area contributed by atoms with Gasteiger partial charge < -0.3 is 9.52 Å². The molecule has 1 fully saturated rings. The fraction of sp³-hybridized carbons (Fsp3) is 0. The van der Waals surface area contributed by atoms with Crippen LogP contribution >= 0.6 is 12.2 Å². The highest BCUT2D eigenvalue weighted by Gasteiger charge is 2.26. The molecule has 0 unspecified atom stereocenters. The number of amides is 2. The van der Waals surface area contributed by atoms with Gasteiger partial charge in [-0.2, -0.15) is 0 Å². The van der Waals surface area contributed by atoms with E-state index in [1.165, 1.54) is 18.2 Å². The molecule has 24 heavy (non-hydrogen) atoms. The highest BCUT2D eigenvalue weighted by atomic mass is 32.1. The molecule has 7 nitrogen and oxygen atoms in total. The van der Waals surface area contributed by atoms with Crippen molar-refractivity contribution in [2.24, 2.45) is 0 Å². The first-order valence-corrected chi connectivity index (χ1v) is 7.17. The molecular formula is C16H10N2O5S. The molecule has 120 valence electrons. The van der Waals surface area contributed by atoms with Crippen molar-refractivity contribution in [1.29, 1.82) is 0 Å². The molecule has 0 spiro atoms. The second-order valence-electron chi connectivity index (χ2n) is 4.85. The minimum absolute atomic E-state index is 0.0577. The van der Waals surface area contributed by atoms with E-state index in [1.807, 2.05) is 0 Å². The molecule has 8 heteroatoms. The first-order chi connectivity index (χ1) is 11.5. The predicted molar refractivity (Wildman–Crippen MR) is 88.0 cm³/mol. The Morgan fingerprint density at radius 2 is 1.75 bits per heavy atom. The summed E-state index contributed by atoms with van der Waals surface area (Å²) < 4.78 is 5.55. The molecular weight excluding hydrogens is 332 g/mol. The van der Waals surface area contributed by atoms with Gasteiger partial charge in [-0.15, -0.1) is 0 Å². The fourth-order valence-electron chi connectivity index (χ4n) is 2.21. The molecule has 1 aromatic carbocycles. The van der Waals surface area contributed by atoms with Crippen molar-refractivity contribution in [3.63, 3.8) is 0 Å². The Kier molecular flexibility index (Phi) is 3.97. The lowest BCUT2D eigenvalue weighted by Gasteiger charge is -2.15. The first kappa shape index (κ1) is 15.6. The molecule has 2 aromatic rings. The molecule has 2 heterocycles. The molecule has 0 bridgehead atoms. The SMILES string of the molecule is O=C1NC(=S)NC(=O)C1=Cc1ccc(-c2ccccc2C(=O)O)o1. The summed E-state index contributed by atoms with van der Waals surface area (Å²) >= 11 is 4.71. The van der Waals surface area contributed by atoms with Crippen LogP contribution in [0.2, 0.25) is 0 Å². The minimum Gasteiger partial charge on any atom is -0.478 e. The highest BCUT2D eigenvalue weighted by molar-refractivity contribution is 7.80. The van der Waals surface area contributed by atoms with E-state index in [-0.39, 0.29) is 22.0 Å². The van der Waals surface area contributed by atoms with Gasteiger partial charge in [-0.05, 0) is 36.5 Å². The summed E-state index contributed by atoms with van der Waals surface area (Å²) in [5.41, 5.74) is 0.328. The van der Waals surface area contributed by atoms with Crippen molar-refractivity contribution < 1.29 is 23.9 Å². The second-order valence-corrected chi connectivity index (χ2v) is 5.26. The summed E-state index contributed by atoms with van der Waals surface area (Å²) in [6, 6.07) is 9.47. The van der Waals surface area contributed by atoms with Crippen molar-refractivity contribution in [2.45, 2.75) is 0 Å². The van der Waals surface area contributed by atoms with Crippen LogP contribution in [0.25, 0.3) is 17.4 Å². The normalized spacial score (nSPS) is 14.2. The van der Waals surface area contributed by atoms with Crippen molar-refractivity contribution in [3.8, 4) is 11.3 Å². The summed E-state index contributed by atoms with van der Waals surface area (Å²) in [5.74, 6) is -1.80. The number of carboxylic acid groups (broad SMARTS) is 1. The summed E-state index contributed by atoms with van der Waals surface area (Å²) in [5, 5.41) is 13.8. The van der Waals surface area contributed by atoms with Crippen LogP contribution < -0.4 is 10.6 Å². The number of thiocarbonyl (C=S) groups is 1. The maximum Gasteiger partial charge on any atom is 0.336 e. The number of carbonyl (C=O) groups is 3. The van der Waals surface area contributed by atoms with Gasteiger partial charge in [0.1, 0.15) is 17.1 Å². The van der Waals surface area contributed by atoms with E-state index in [0.717, 1.165) is 0 Å². The average Bonchev–Trinajstić information content (AvgIpc) is 2.99. The highest BCUT2D eigenvalue weighted by Crippen LogP contribution is 2.27. The van der Waals surface area contributed by atoms with E-state index < -0.39 is 17.8 Å². The Morgan fingerprint density at radius 1 is 1.08 bits per heavy atom. The summed E-state index contributed by atoms with van der Waals surface area (Å²) in [7, 11) is 0. The van der Waals surface area contributed by atoms with Crippen molar-refractivity contribution in [3.05, 3.63) is 53.3 Å². The van der Waals surface area contributed by atoms with E-state index in [4.69, 9.17) is 16.6 Å². The summed E-state index contributed by atoms with van der Waals surface area (Å²) in [4.78, 5) is 34.8. The zero-order valence-corrected chi connectivity index (χ0v) is 12.8. The van der Waals surface area contributed by atoms with Gasteiger partial charge in [0, 0.05) is 5.56 Å². The fourth-order valence-corrected chi connectivity index (χ4v) is 2.39. The van der Waals surface area contributed by atoms with Gasteiger partial charge in [0.05, 0.1) is 5.56 Å². The Morgan fingerprint density at radius 3 is 2.42 bits per heavy atom. The van der Waals surface area contributed by atoms with Crippen LogP contribution in [0.3, 0.4) is 0 Å². The van der Waals surface area contributed by atoms with E-state index in [0.29, 0.717) is 11.3 Å². The molecule has 0 atom stereocenters. The van der Waals surface area contributed by atoms with Crippen LogP contribution in [0.4, 0.5) is 0 Å². The minimum atomic E-state index is -1.08. The third kappa shape index (κ3) is 2.95. The molecule has 0 aliphatic carbocycles. The van der Waals surface area contributed by atoms with Crippen LogP contribution in [0.15, 0.2) is 46.4 Å². The number of hydrogen-bond acceptors (Lipinski definition) is 5. The predicted octanol–water partition coefficient (Wildman–Crippen LogP) is 1.56. The number of aromatic carboxylic acids is 1. The zero-order chi connectivity index (χ0) is 17.3. The van der Waals surface area contributed by atoms with Crippen molar-refractivity contribution >= 4 is 41.2 Å². The van der Waals surface area contributed by atoms with Gasteiger partial charge in [-0.3, -0.25) is 20.2 Å². The maximum absolute atomic E-state index is 11.8. The van der Waals surface area contributed by atoms with Gasteiger partial charge in [0.15, 0.2) is 5.11 Å². The van der Waals surface area contributed by atoms with Crippen LogP contribution in [-0.2, 0) is 9.59 Å². The number of hydrogen-bond donors (Lipinski definition) is 3. The van der Waals surface area contributed by atoms with Gasteiger partial charge >= 0.3 is 5.97 Å². The zero-order valence-electron chi connectivity index (χ0n) is 12.0. The second kappa shape index (κ2) is 6.09. The molecule has 0 saturated carbocycles. The largest absolute Gasteiger partial charge is 0.478 e. The van der Waals surface area contributed by atoms with Crippen LogP contribution in [0, 0.1) is 0 Å². The van der Waals surface area contributed by atoms with Crippen molar-refractivity contribution in [1.82, 2.24) is 10.6 Å². The van der Waals surface area contributed by atoms with Crippen LogP contribution in [0.1, 0.15) is 16.1 Å².